The first-order chi connectivity index (χ1) is 6.75. The first-order valence-corrected chi connectivity index (χ1v) is 5.64. The Labute approximate surface area is 95.7 Å². The van der Waals surface area contributed by atoms with E-state index in [4.69, 9.17) is 23.8 Å². The number of aromatic amines is 1. The van der Waals surface area contributed by atoms with E-state index in [1.165, 1.54) is 11.5 Å². The van der Waals surface area contributed by atoms with E-state index in [0.29, 0.717) is 10.4 Å². The van der Waals surface area contributed by atoms with Crippen LogP contribution in [0.3, 0.4) is 0 Å². The molecule has 14 heavy (non-hydrogen) atoms. The summed E-state index contributed by atoms with van der Waals surface area (Å²) in [6.45, 7) is 0. The van der Waals surface area contributed by atoms with Crippen LogP contribution in [0.4, 0.5) is 0 Å². The van der Waals surface area contributed by atoms with Gasteiger partial charge in [0.25, 0.3) is 0 Å². The highest BCUT2D eigenvalue weighted by Gasteiger charge is 2.02. The molecule has 0 aliphatic rings. The van der Waals surface area contributed by atoms with Crippen molar-refractivity contribution in [3.05, 3.63) is 44.6 Å². The van der Waals surface area contributed by atoms with E-state index in [1.54, 1.807) is 0 Å². The number of nitrogens with one attached hydrogen (secondary N) is 1. The highest BCUT2D eigenvalue weighted by atomic mass is 35.5. The Hall–Kier alpha value is -0.710. The third-order valence-corrected chi connectivity index (χ3v) is 3.11. The number of hydrogen-bond donors (Lipinski definition) is 1. The van der Waals surface area contributed by atoms with E-state index in [0.717, 1.165) is 16.4 Å². The first-order valence-electron chi connectivity index (χ1n) is 4.03. The van der Waals surface area contributed by atoms with E-state index in [1.807, 2.05) is 24.3 Å². The van der Waals surface area contributed by atoms with Crippen molar-refractivity contribution in [3.63, 3.8) is 0 Å². The van der Waals surface area contributed by atoms with Crippen LogP contribution in [0.25, 0.3) is 0 Å². The lowest BCUT2D eigenvalue weighted by Crippen LogP contribution is -1.90. The topological polar surface area (TPSA) is 28.7 Å². The Bertz CT molecular complexity index is 489. The molecule has 0 atom stereocenters. The molecule has 1 aromatic carbocycles. The molecular formula is C9H7ClN2S2. The Morgan fingerprint density at radius 2 is 2.21 bits per heavy atom. The maximum atomic E-state index is 6.02. The Kier molecular flexibility index (Phi) is 2.96. The zero-order chi connectivity index (χ0) is 9.97. The van der Waals surface area contributed by atoms with Crippen LogP contribution in [0.5, 0.6) is 0 Å². The quantitative estimate of drug-likeness (QED) is 0.818. The molecule has 0 saturated carbocycles. The summed E-state index contributed by atoms with van der Waals surface area (Å²) in [5.41, 5.74) is 1.06. The van der Waals surface area contributed by atoms with Crippen molar-refractivity contribution in [2.75, 3.05) is 0 Å². The lowest BCUT2D eigenvalue weighted by atomic mass is 10.1. The molecule has 0 fully saturated rings. The van der Waals surface area contributed by atoms with E-state index < -0.39 is 0 Å². The van der Waals surface area contributed by atoms with Crippen molar-refractivity contribution in [1.82, 2.24) is 9.36 Å². The smallest absolute Gasteiger partial charge is 0.198 e. The number of H-pyrrole nitrogens is 1. The molecule has 0 saturated heterocycles. The monoisotopic (exact) mass is 242 g/mol. The van der Waals surface area contributed by atoms with Gasteiger partial charge in [0.1, 0.15) is 5.82 Å². The molecule has 0 unspecified atom stereocenters. The SMILES string of the molecule is S=c1nc(Cc2ccccc2Cl)[nH]s1. The van der Waals surface area contributed by atoms with Crippen LogP contribution in [0.2, 0.25) is 5.02 Å². The molecule has 0 radical (unpaired) electrons. The van der Waals surface area contributed by atoms with Gasteiger partial charge in [-0.2, -0.15) is 0 Å². The molecule has 1 aromatic heterocycles. The lowest BCUT2D eigenvalue weighted by Gasteiger charge is -1.99. The van der Waals surface area contributed by atoms with Crippen LogP contribution in [0.1, 0.15) is 11.4 Å². The summed E-state index contributed by atoms with van der Waals surface area (Å²) in [6.07, 6.45) is 0.701. The van der Waals surface area contributed by atoms with Crippen molar-refractivity contribution in [2.45, 2.75) is 6.42 Å². The summed E-state index contributed by atoms with van der Waals surface area (Å²) in [6, 6.07) is 7.73. The molecule has 72 valence electrons. The Morgan fingerprint density at radius 1 is 1.43 bits per heavy atom. The maximum Gasteiger partial charge on any atom is 0.198 e. The number of benzene rings is 1. The lowest BCUT2D eigenvalue weighted by molar-refractivity contribution is 1.03. The van der Waals surface area contributed by atoms with Crippen LogP contribution >= 0.6 is 35.4 Å². The van der Waals surface area contributed by atoms with Crippen LogP contribution in [-0.2, 0) is 6.42 Å². The second-order valence-electron chi connectivity index (χ2n) is 2.80. The van der Waals surface area contributed by atoms with Crippen LogP contribution in [0, 0.1) is 3.95 Å². The fourth-order valence-electron chi connectivity index (χ4n) is 1.16. The molecule has 0 spiro atoms. The van der Waals surface area contributed by atoms with Gasteiger partial charge in [-0.25, -0.2) is 4.98 Å². The summed E-state index contributed by atoms with van der Waals surface area (Å²) < 4.78 is 3.68. The highest BCUT2D eigenvalue weighted by molar-refractivity contribution is 7.73. The normalized spacial score (nSPS) is 10.4. The molecular weight excluding hydrogens is 236 g/mol. The summed E-state index contributed by atoms with van der Waals surface area (Å²) in [4.78, 5) is 4.17. The minimum Gasteiger partial charge on any atom is -0.296 e. The molecule has 2 rings (SSSR count). The number of nitrogens with zero attached hydrogens (tertiary/aromatic N) is 1. The molecule has 1 heterocycles. The molecule has 5 heteroatoms. The molecule has 2 aromatic rings. The number of rotatable bonds is 2. The van der Waals surface area contributed by atoms with Gasteiger partial charge in [0, 0.05) is 11.4 Å². The minimum atomic E-state index is 0.632. The predicted molar refractivity (Wildman–Crippen MR) is 61.6 cm³/mol. The zero-order valence-electron chi connectivity index (χ0n) is 7.16. The number of aromatic nitrogens is 2. The van der Waals surface area contributed by atoms with E-state index in [2.05, 4.69) is 9.36 Å². The van der Waals surface area contributed by atoms with E-state index >= 15 is 0 Å². The molecule has 0 aliphatic carbocycles. The predicted octanol–water partition coefficient (Wildman–Crippen LogP) is 3.44. The van der Waals surface area contributed by atoms with Gasteiger partial charge in [-0.3, -0.25) is 4.37 Å². The zero-order valence-corrected chi connectivity index (χ0v) is 9.55. The van der Waals surface area contributed by atoms with Crippen LogP contribution in [0.15, 0.2) is 24.3 Å². The van der Waals surface area contributed by atoms with Crippen LogP contribution in [-0.4, -0.2) is 9.36 Å². The average Bonchev–Trinajstić information content (AvgIpc) is 2.56. The second-order valence-corrected chi connectivity index (χ2v) is 4.64. The molecule has 1 N–H and O–H groups in total. The minimum absolute atomic E-state index is 0.632. The highest BCUT2D eigenvalue weighted by Crippen LogP contribution is 2.17. The number of hydrogen-bond acceptors (Lipinski definition) is 3. The fourth-order valence-corrected chi connectivity index (χ4v) is 2.07. The van der Waals surface area contributed by atoms with E-state index in [-0.39, 0.29) is 0 Å². The Morgan fingerprint density at radius 3 is 2.86 bits per heavy atom. The van der Waals surface area contributed by atoms with E-state index in [9.17, 15) is 0 Å². The van der Waals surface area contributed by atoms with Gasteiger partial charge in [0.2, 0.25) is 0 Å². The van der Waals surface area contributed by atoms with Gasteiger partial charge >= 0.3 is 0 Å². The van der Waals surface area contributed by atoms with Crippen molar-refractivity contribution >= 4 is 35.4 Å². The molecule has 0 bridgehead atoms. The van der Waals surface area contributed by atoms with Crippen molar-refractivity contribution < 1.29 is 0 Å². The average molecular weight is 243 g/mol. The van der Waals surface area contributed by atoms with Gasteiger partial charge in [-0.05, 0) is 35.4 Å². The third kappa shape index (κ3) is 2.20. The van der Waals surface area contributed by atoms with Gasteiger partial charge in [-0.1, -0.05) is 29.8 Å². The standard InChI is InChI=1S/C9H7ClN2S2/c10-7-4-2-1-3-6(7)5-8-11-9(13)14-12-8/h1-4H,5H2,(H,11,12,13). The fraction of sp³-hybridized carbons (Fsp3) is 0.111. The second kappa shape index (κ2) is 4.21. The number of halogens is 1. The molecule has 0 amide bonds. The van der Waals surface area contributed by atoms with Crippen molar-refractivity contribution in [1.29, 1.82) is 0 Å². The largest absolute Gasteiger partial charge is 0.296 e. The molecule has 0 aliphatic heterocycles. The van der Waals surface area contributed by atoms with Crippen LogP contribution < -0.4 is 0 Å². The van der Waals surface area contributed by atoms with Crippen molar-refractivity contribution in [2.24, 2.45) is 0 Å². The third-order valence-electron chi connectivity index (χ3n) is 1.80. The van der Waals surface area contributed by atoms with Gasteiger partial charge in [0.15, 0.2) is 3.95 Å². The maximum absolute atomic E-state index is 6.02. The molecule has 2 nitrogen and oxygen atoms in total. The van der Waals surface area contributed by atoms with Gasteiger partial charge in [0.05, 0.1) is 0 Å². The summed E-state index contributed by atoms with van der Waals surface area (Å²) >= 11 is 12.3. The summed E-state index contributed by atoms with van der Waals surface area (Å²) in [7, 11) is 0. The summed E-state index contributed by atoms with van der Waals surface area (Å²) in [5.74, 6) is 0.869. The first kappa shape index (κ1) is 9.83. The van der Waals surface area contributed by atoms with Gasteiger partial charge in [-0.15, -0.1) is 0 Å². The summed E-state index contributed by atoms with van der Waals surface area (Å²) in [5, 5.41) is 0.764. The van der Waals surface area contributed by atoms with Crippen molar-refractivity contribution in [3.8, 4) is 0 Å². The van der Waals surface area contributed by atoms with Gasteiger partial charge < -0.3 is 0 Å². The Balaban J connectivity index is 2.27.